The number of aryl methyl sites for hydroxylation is 3. The Labute approximate surface area is 744 Å². The molecular weight excluding hydrogens is 1710 g/mol. The molecule has 0 aliphatic carbocycles. The fraction of sp³-hybridized carbons (Fsp3) is 0.381. The van der Waals surface area contributed by atoms with Crippen LogP contribution in [0.3, 0.4) is 0 Å². The summed E-state index contributed by atoms with van der Waals surface area (Å²) in [5.41, 5.74) is 28.8. The number of anilines is 6. The highest BCUT2D eigenvalue weighted by Crippen LogP contribution is 2.48. The lowest BCUT2D eigenvalue weighted by Gasteiger charge is -2.26. The van der Waals surface area contributed by atoms with Gasteiger partial charge < -0.3 is 86.2 Å². The lowest BCUT2D eigenvalue weighted by molar-refractivity contribution is -0.121. The van der Waals surface area contributed by atoms with Crippen LogP contribution in [0.15, 0.2) is 36.9 Å². The van der Waals surface area contributed by atoms with E-state index < -0.39 is 5.91 Å². The highest BCUT2D eigenvalue weighted by Gasteiger charge is 2.42. The Morgan fingerprint density at radius 3 is 1.25 bits per heavy atom. The molecule has 9 aromatic rings. The van der Waals surface area contributed by atoms with E-state index in [4.69, 9.17) is 96.8 Å². The number of Topliss-reactive ketones (excluding diaryl/α,β-unsaturated/α-hetero) is 1. The molecule has 0 radical (unpaired) electrons. The van der Waals surface area contributed by atoms with E-state index in [1.54, 1.807) is 69.4 Å². The van der Waals surface area contributed by atoms with Crippen molar-refractivity contribution in [3.8, 4) is 28.9 Å². The molecule has 6 amide bonds. The minimum absolute atomic E-state index is 0.0128. The van der Waals surface area contributed by atoms with Gasteiger partial charge in [0, 0.05) is 161 Å². The van der Waals surface area contributed by atoms with Crippen LogP contribution < -0.4 is 71.5 Å². The number of nitrogens with zero attached hydrogens (tertiary/aromatic N) is 15. The Kier molecular flexibility index (Phi) is 29.2. The molecule has 0 spiro atoms. The second-order valence-electron chi connectivity index (χ2n) is 30.0. The molecule has 6 aliphatic rings. The zero-order valence-electron chi connectivity index (χ0n) is 71.2. The maximum Gasteiger partial charge on any atom is 0.261 e. The molecule has 126 heavy (non-hydrogen) atoms. The number of piperidine rings is 1. The molecule has 0 unspecified atom stereocenters. The Morgan fingerprint density at radius 1 is 0.476 bits per heavy atom. The summed E-state index contributed by atoms with van der Waals surface area (Å²) in [6.07, 6.45) is 12.5. The van der Waals surface area contributed by atoms with E-state index in [1.165, 1.54) is 36.0 Å². The van der Waals surface area contributed by atoms with Crippen LogP contribution in [0.1, 0.15) is 128 Å². The van der Waals surface area contributed by atoms with Crippen molar-refractivity contribution in [3.63, 3.8) is 0 Å². The first kappa shape index (κ1) is 91.3. The number of H-pyrrole nitrogens is 3. The molecule has 9 aromatic heterocycles. The lowest BCUT2D eigenvalue weighted by atomic mass is 10.1. The van der Waals surface area contributed by atoms with Crippen LogP contribution in [0.25, 0.3) is 34.9 Å². The van der Waals surface area contributed by atoms with Crippen molar-refractivity contribution in [2.75, 3.05) is 172 Å². The number of carbonyl (C=O) groups is 7. The molecule has 3 saturated heterocycles. The number of amides is 6. The zero-order valence-corrected chi connectivity index (χ0v) is 74.2. The predicted molar refractivity (Wildman–Crippen MR) is 475 cm³/mol. The average molecular weight is 1810 g/mol. The van der Waals surface area contributed by atoms with Crippen molar-refractivity contribution in [2.24, 2.45) is 0 Å². The van der Waals surface area contributed by atoms with E-state index in [0.29, 0.717) is 163 Å². The lowest BCUT2D eigenvalue weighted by Crippen LogP contribution is -2.41. The summed E-state index contributed by atoms with van der Waals surface area (Å²) in [7, 11) is 7.46. The molecule has 0 aromatic carbocycles. The van der Waals surface area contributed by atoms with Gasteiger partial charge in [-0.25, -0.2) is 19.9 Å². The van der Waals surface area contributed by atoms with E-state index in [-0.39, 0.29) is 150 Å². The third kappa shape index (κ3) is 19.9. The van der Waals surface area contributed by atoms with Crippen molar-refractivity contribution in [1.82, 2.24) is 90.5 Å². The maximum atomic E-state index is 13.9. The quantitative estimate of drug-likeness (QED) is 0.0186. The summed E-state index contributed by atoms with van der Waals surface area (Å²) >= 11 is 26.1. The Balaban J connectivity index is 0.000000162. The number of ether oxygens (including phenoxy) is 7. The number of halogens is 4. The second kappa shape index (κ2) is 40.3. The number of aromatic amines is 3. The number of methoxy groups -OCH3 is 5. The number of hydrogen-bond donors (Lipinski definition) is 9. The number of ketones is 1. The SMILES string of the molecule is COc1c(C)cnc(CN2C(=O)/C(=C\c3[nH]c(C)c(C(=O)NCCN4CCOCC4)c3C)c3c(Cl)nc(N)nc32)c1C.COc1c(C)cnc(CN2C(=O)/C(=C\c3cc(C(=O)NCCN4CCC(=O)CC4)c[nH]3)c3c(Cl)nc(N)nc32)c1C.COc1nc(CN2C(=O)/C(=C\c3cc(C(=O)NCCN4CCOCC4)c[nH]3)c3c(Cl)nc(N)nc32)c(Cl)c(OC)c1OC. The van der Waals surface area contributed by atoms with Gasteiger partial charge in [-0.2, -0.15) is 15.0 Å². The first-order valence-corrected chi connectivity index (χ1v) is 41.7. The van der Waals surface area contributed by atoms with E-state index in [0.717, 1.165) is 61.5 Å². The standard InChI is InChI=1S/C29H35ClN8O4.C28H31ClN8O4.C27H30Cl2N8O6/c1-15-13-33-21(17(3)24(15)41-5)14-38-26-23(25(30)35-29(31)36-26)19(28(38)40)12-20-16(2)22(18(4)34-20)27(39)32-6-7-37-8-10-42-11-9-37;1-15-12-33-21(16(2)23(15)41-3)14-37-25-22(24(29)34-28(30)35-25)20(27(37)40)11-18-10-17(13-32-18)26(39)31-6-9-36-7-4-19(38)5-8-36;1-40-20-19(28)17(33-25(42-3)21(20)41-2)13-37-23-18(22(29)34-27(30)35-23)16(26(37)39)11-15-10-14(12-32-15)24(38)31-4-5-36-6-8-43-9-7-36/h12-13,34H,6-11,14H2,1-5H3,(H,32,39)(H2,31,35,36);10-13,32H,4-9,14H2,1-3H3,(H,31,39)(H2,30,34,35);10-12,32H,4-9,13H2,1-3H3,(H,31,38)(H2,30,34,35)/b19-12-;20-11-;16-11-. The zero-order chi connectivity index (χ0) is 90.1. The van der Waals surface area contributed by atoms with Gasteiger partial charge in [-0.05, 0) is 77.5 Å². The van der Waals surface area contributed by atoms with Crippen molar-refractivity contribution in [2.45, 2.75) is 74.0 Å². The predicted octanol–water partition coefficient (Wildman–Crippen LogP) is 7.63. The van der Waals surface area contributed by atoms with E-state index in [9.17, 15) is 33.6 Å². The molecule has 42 heteroatoms. The number of morpholine rings is 2. The van der Waals surface area contributed by atoms with Crippen LogP contribution in [0.2, 0.25) is 20.5 Å². The molecule has 38 nitrogen and oxygen atoms in total. The molecule has 0 atom stereocenters. The number of likely N-dealkylation sites (tertiary alicyclic amines) is 1. The van der Waals surface area contributed by atoms with Gasteiger partial charge in [-0.15, -0.1) is 0 Å². The van der Waals surface area contributed by atoms with Crippen LogP contribution in [0.4, 0.5) is 35.3 Å². The van der Waals surface area contributed by atoms with Gasteiger partial charge in [0.05, 0.1) is 149 Å². The van der Waals surface area contributed by atoms with E-state index >= 15 is 0 Å². The highest BCUT2D eigenvalue weighted by molar-refractivity contribution is 6.43. The molecule has 0 bridgehead atoms. The molecule has 12 N–H and O–H groups in total. The first-order chi connectivity index (χ1) is 60.5. The average Bonchev–Trinajstić information content (AvgIpc) is 1.61. The van der Waals surface area contributed by atoms with E-state index in [1.807, 2.05) is 41.5 Å². The van der Waals surface area contributed by atoms with Gasteiger partial charge in [0.1, 0.15) is 37.8 Å². The third-order valence-corrected chi connectivity index (χ3v) is 23.2. The number of nitrogens with two attached hydrogens (primary N) is 3. The number of nitrogens with one attached hydrogen (secondary N) is 6. The molecule has 15 rings (SSSR count). The number of nitrogen functional groups attached to an aromatic ring is 3. The normalized spacial score (nSPS) is 16.2. The summed E-state index contributed by atoms with van der Waals surface area (Å²) in [6, 6.07) is 3.29. The van der Waals surface area contributed by atoms with Gasteiger partial charge in [0.2, 0.25) is 23.6 Å². The van der Waals surface area contributed by atoms with Gasteiger partial charge in [-0.3, -0.25) is 68.0 Å². The van der Waals surface area contributed by atoms with Gasteiger partial charge in [-0.1, -0.05) is 46.4 Å². The number of carbonyl (C=O) groups excluding carboxylic acids is 7. The van der Waals surface area contributed by atoms with Crippen molar-refractivity contribution < 1.29 is 66.7 Å². The minimum Gasteiger partial charge on any atom is -0.496 e. The highest BCUT2D eigenvalue weighted by atomic mass is 35.5. The number of hydrogen-bond acceptors (Lipinski definition) is 29. The van der Waals surface area contributed by atoms with Gasteiger partial charge in [0.25, 0.3) is 41.3 Å². The minimum atomic E-state index is -0.463. The molecule has 15 heterocycles. The molecule has 0 saturated carbocycles. The molecular formula is C84H96Cl4N24O14. The van der Waals surface area contributed by atoms with Crippen LogP contribution in [0, 0.1) is 41.5 Å². The Morgan fingerprint density at radius 2 is 0.857 bits per heavy atom. The van der Waals surface area contributed by atoms with Crippen LogP contribution in [-0.4, -0.2) is 256 Å². The van der Waals surface area contributed by atoms with Crippen LogP contribution in [0.5, 0.6) is 28.9 Å². The van der Waals surface area contributed by atoms with E-state index in [2.05, 4.69) is 90.5 Å². The van der Waals surface area contributed by atoms with Crippen molar-refractivity contribution in [1.29, 1.82) is 0 Å². The Bertz CT molecular complexity index is 5810. The number of rotatable bonds is 26. The third-order valence-electron chi connectivity index (χ3n) is 22.0. The monoisotopic (exact) mass is 1800 g/mol. The number of fused-ring (bicyclic) bond motifs is 3. The summed E-state index contributed by atoms with van der Waals surface area (Å²) in [4.78, 5) is 150. The van der Waals surface area contributed by atoms with Crippen LogP contribution in [-0.2, 0) is 48.3 Å². The van der Waals surface area contributed by atoms with Gasteiger partial charge >= 0.3 is 0 Å². The number of pyridine rings is 3. The molecule has 664 valence electrons. The fourth-order valence-corrected chi connectivity index (χ4v) is 16.6. The second-order valence-corrected chi connectivity index (χ2v) is 31.5. The molecule has 3 fully saturated rings. The summed E-state index contributed by atoms with van der Waals surface area (Å²) in [6.45, 7) is 22.6. The van der Waals surface area contributed by atoms with Crippen molar-refractivity contribution in [3.05, 3.63) is 158 Å². The summed E-state index contributed by atoms with van der Waals surface area (Å²) in [5.74, 6) is 0.882. The smallest absolute Gasteiger partial charge is 0.261 e. The Hall–Kier alpha value is -12.4. The number of aromatic nitrogens is 12. The first-order valence-electron chi connectivity index (χ1n) is 40.2. The van der Waals surface area contributed by atoms with Crippen molar-refractivity contribution >= 4 is 158 Å². The van der Waals surface area contributed by atoms with Gasteiger partial charge in [0.15, 0.2) is 23.2 Å². The maximum absolute atomic E-state index is 13.9. The molecule has 6 aliphatic heterocycles. The topological polar surface area (TPSA) is 481 Å². The fourth-order valence-electron chi connectivity index (χ4n) is 15.5. The van der Waals surface area contributed by atoms with Crippen LogP contribution >= 0.6 is 46.4 Å². The summed E-state index contributed by atoms with van der Waals surface area (Å²) < 4.78 is 37.9. The largest absolute Gasteiger partial charge is 0.496 e. The summed E-state index contributed by atoms with van der Waals surface area (Å²) in [5, 5.41) is 9.06.